The molecule has 1 heterocycles. The summed E-state index contributed by atoms with van der Waals surface area (Å²) in [6.45, 7) is 3.86. The first kappa shape index (κ1) is 15.1. The van der Waals surface area contributed by atoms with Gasteiger partial charge < -0.3 is 10.0 Å². The lowest BCUT2D eigenvalue weighted by atomic mass is 10.1. The molecule has 0 aliphatic heterocycles. The van der Waals surface area contributed by atoms with E-state index in [1.165, 1.54) is 11.0 Å². The maximum Gasteiger partial charge on any atom is 0.337 e. The Morgan fingerprint density at radius 3 is 2.57 bits per heavy atom. The third-order valence-corrected chi connectivity index (χ3v) is 3.78. The number of aromatic nitrogens is 2. The molecule has 2 rings (SSSR count). The van der Waals surface area contributed by atoms with Crippen molar-refractivity contribution in [3.05, 3.63) is 40.4 Å². The number of amides is 1. The molecule has 0 aliphatic carbocycles. The fourth-order valence-electron chi connectivity index (χ4n) is 1.93. The Labute approximate surface area is 126 Å². The van der Waals surface area contributed by atoms with Gasteiger partial charge in [0, 0.05) is 7.05 Å². The number of benzene rings is 1. The minimum Gasteiger partial charge on any atom is -0.478 e. The summed E-state index contributed by atoms with van der Waals surface area (Å²) in [5, 5.41) is 13.2. The number of para-hydroxylation sites is 1. The van der Waals surface area contributed by atoms with Crippen LogP contribution in [0.15, 0.2) is 24.3 Å². The van der Waals surface area contributed by atoms with Crippen LogP contribution in [0.5, 0.6) is 0 Å². The summed E-state index contributed by atoms with van der Waals surface area (Å²) in [4.78, 5) is 25.6. The molecule has 0 fully saturated rings. The molecular weight excluding hydrogens is 290 g/mol. The van der Waals surface area contributed by atoms with Gasteiger partial charge >= 0.3 is 5.97 Å². The van der Waals surface area contributed by atoms with Crippen LogP contribution in [-0.2, 0) is 0 Å². The fraction of sp³-hybridized carbons (Fsp3) is 0.286. The van der Waals surface area contributed by atoms with Crippen LogP contribution in [-0.4, -0.2) is 33.6 Å². The van der Waals surface area contributed by atoms with E-state index in [-0.39, 0.29) is 17.4 Å². The molecule has 0 saturated carbocycles. The van der Waals surface area contributed by atoms with Crippen molar-refractivity contribution in [3.8, 4) is 0 Å². The number of anilines is 1. The number of rotatable bonds is 4. The molecule has 1 N–H and O–H groups in total. The number of hydrogen-bond acceptors (Lipinski definition) is 5. The van der Waals surface area contributed by atoms with Gasteiger partial charge in [-0.05, 0) is 29.6 Å². The molecule has 1 aromatic carbocycles. The van der Waals surface area contributed by atoms with Crippen LogP contribution >= 0.6 is 11.5 Å². The highest BCUT2D eigenvalue weighted by atomic mass is 32.1. The smallest absolute Gasteiger partial charge is 0.337 e. The predicted octanol–water partition coefficient (Wildman–Crippen LogP) is 2.64. The molecule has 1 amide bonds. The van der Waals surface area contributed by atoms with Gasteiger partial charge in [0.2, 0.25) is 0 Å². The highest BCUT2D eigenvalue weighted by Gasteiger charge is 2.24. The minimum absolute atomic E-state index is 0.0748. The van der Waals surface area contributed by atoms with E-state index in [0.29, 0.717) is 16.3 Å². The number of aromatic carboxylic acids is 1. The number of hydrogen-bond donors (Lipinski definition) is 1. The second-order valence-corrected chi connectivity index (χ2v) is 5.58. The molecule has 0 saturated heterocycles. The molecule has 0 atom stereocenters. The molecule has 21 heavy (non-hydrogen) atoms. The van der Waals surface area contributed by atoms with E-state index in [0.717, 1.165) is 11.5 Å². The summed E-state index contributed by atoms with van der Waals surface area (Å²) in [6.07, 6.45) is 0. The van der Waals surface area contributed by atoms with Gasteiger partial charge in [-0.25, -0.2) is 4.79 Å². The Balaban J connectivity index is 2.40. The quantitative estimate of drug-likeness (QED) is 0.938. The average molecular weight is 305 g/mol. The van der Waals surface area contributed by atoms with E-state index in [2.05, 4.69) is 9.59 Å². The first-order valence-electron chi connectivity index (χ1n) is 6.36. The molecule has 0 aliphatic rings. The summed E-state index contributed by atoms with van der Waals surface area (Å²) in [5.74, 6) is -1.30. The van der Waals surface area contributed by atoms with Gasteiger partial charge in [-0.3, -0.25) is 4.79 Å². The van der Waals surface area contributed by atoms with Crippen molar-refractivity contribution < 1.29 is 14.7 Å². The van der Waals surface area contributed by atoms with Crippen molar-refractivity contribution in [2.75, 3.05) is 11.9 Å². The van der Waals surface area contributed by atoms with Crippen molar-refractivity contribution in [1.82, 2.24) is 9.59 Å². The second-order valence-electron chi connectivity index (χ2n) is 4.83. The van der Waals surface area contributed by atoms with E-state index < -0.39 is 5.97 Å². The molecular formula is C14H15N3O3S. The molecule has 6 nitrogen and oxygen atoms in total. The molecule has 0 spiro atoms. The van der Waals surface area contributed by atoms with Crippen molar-refractivity contribution in [3.63, 3.8) is 0 Å². The van der Waals surface area contributed by atoms with Crippen LogP contribution in [0, 0.1) is 0 Å². The predicted molar refractivity (Wildman–Crippen MR) is 80.1 cm³/mol. The molecule has 1 aromatic heterocycles. The lowest BCUT2D eigenvalue weighted by molar-refractivity contribution is 0.0697. The maximum atomic E-state index is 12.6. The van der Waals surface area contributed by atoms with Gasteiger partial charge in [0.25, 0.3) is 5.91 Å². The molecule has 110 valence electrons. The van der Waals surface area contributed by atoms with Crippen molar-refractivity contribution in [2.45, 2.75) is 19.8 Å². The number of nitrogens with zero attached hydrogens (tertiary/aromatic N) is 3. The molecule has 0 bridgehead atoms. The highest BCUT2D eigenvalue weighted by Crippen LogP contribution is 2.25. The number of carbonyl (C=O) groups excluding carboxylic acids is 1. The minimum atomic E-state index is -1.07. The third kappa shape index (κ3) is 2.92. The van der Waals surface area contributed by atoms with Crippen LogP contribution < -0.4 is 4.90 Å². The van der Waals surface area contributed by atoms with Crippen LogP contribution in [0.25, 0.3) is 0 Å². The molecule has 2 aromatic rings. The Hall–Kier alpha value is -2.28. The second kappa shape index (κ2) is 6.01. The SMILES string of the molecule is CC(C)c1nnsc1C(=O)N(C)c1ccccc1C(=O)O. The standard InChI is InChI=1S/C14H15N3O3S/c1-8(2)11-12(21-16-15-11)13(18)17(3)10-7-5-4-6-9(10)14(19)20/h4-8H,1-3H3,(H,19,20). The topological polar surface area (TPSA) is 83.4 Å². The van der Waals surface area contributed by atoms with Gasteiger partial charge in [-0.2, -0.15) is 0 Å². The van der Waals surface area contributed by atoms with Crippen LogP contribution in [0.3, 0.4) is 0 Å². The Morgan fingerprint density at radius 2 is 1.95 bits per heavy atom. The molecule has 0 unspecified atom stereocenters. The zero-order valence-electron chi connectivity index (χ0n) is 11.9. The number of carbonyl (C=O) groups is 2. The van der Waals surface area contributed by atoms with Crippen LogP contribution in [0.4, 0.5) is 5.69 Å². The van der Waals surface area contributed by atoms with Gasteiger partial charge in [0.1, 0.15) is 4.88 Å². The summed E-state index contributed by atoms with van der Waals surface area (Å²) >= 11 is 1.02. The van der Waals surface area contributed by atoms with Crippen LogP contribution in [0.1, 0.15) is 45.5 Å². The van der Waals surface area contributed by atoms with E-state index >= 15 is 0 Å². The van der Waals surface area contributed by atoms with Gasteiger partial charge in [0.05, 0.1) is 16.9 Å². The number of carboxylic acid groups (broad SMARTS) is 1. The lowest BCUT2D eigenvalue weighted by Gasteiger charge is -2.19. The van der Waals surface area contributed by atoms with Crippen molar-refractivity contribution in [2.24, 2.45) is 0 Å². The van der Waals surface area contributed by atoms with Gasteiger partial charge in [-0.1, -0.05) is 30.5 Å². The van der Waals surface area contributed by atoms with E-state index in [1.807, 2.05) is 13.8 Å². The summed E-state index contributed by atoms with van der Waals surface area (Å²) in [7, 11) is 1.55. The summed E-state index contributed by atoms with van der Waals surface area (Å²) < 4.78 is 3.83. The van der Waals surface area contributed by atoms with Crippen molar-refractivity contribution >= 4 is 29.1 Å². The average Bonchev–Trinajstić information content (AvgIpc) is 2.95. The largest absolute Gasteiger partial charge is 0.478 e. The first-order valence-corrected chi connectivity index (χ1v) is 7.13. The molecule has 0 radical (unpaired) electrons. The number of carboxylic acids is 1. The molecule has 7 heteroatoms. The maximum absolute atomic E-state index is 12.6. The van der Waals surface area contributed by atoms with Gasteiger partial charge in [0.15, 0.2) is 0 Å². The Kier molecular flexibility index (Phi) is 4.32. The highest BCUT2D eigenvalue weighted by molar-refractivity contribution is 7.08. The fourth-order valence-corrected chi connectivity index (χ4v) is 2.73. The van der Waals surface area contributed by atoms with E-state index in [9.17, 15) is 14.7 Å². The monoisotopic (exact) mass is 305 g/mol. The first-order chi connectivity index (χ1) is 9.93. The Bertz CT molecular complexity index is 682. The zero-order chi connectivity index (χ0) is 15.6. The third-order valence-electron chi connectivity index (χ3n) is 3.05. The summed E-state index contributed by atoms with van der Waals surface area (Å²) in [6, 6.07) is 6.39. The zero-order valence-corrected chi connectivity index (χ0v) is 12.7. The van der Waals surface area contributed by atoms with Crippen molar-refractivity contribution in [1.29, 1.82) is 0 Å². The van der Waals surface area contributed by atoms with E-state index in [4.69, 9.17) is 0 Å². The van der Waals surface area contributed by atoms with E-state index in [1.54, 1.807) is 25.2 Å². The van der Waals surface area contributed by atoms with Crippen LogP contribution in [0.2, 0.25) is 0 Å². The Morgan fingerprint density at radius 1 is 1.29 bits per heavy atom. The summed E-state index contributed by atoms with van der Waals surface area (Å²) in [5.41, 5.74) is 1.06. The van der Waals surface area contributed by atoms with Gasteiger partial charge in [-0.15, -0.1) is 5.10 Å². The normalized spacial score (nSPS) is 10.7. The lowest BCUT2D eigenvalue weighted by Crippen LogP contribution is -2.28.